The van der Waals surface area contributed by atoms with Crippen LogP contribution in [-0.4, -0.2) is 15.3 Å². The number of nitrogens with zero attached hydrogens (tertiary/aromatic N) is 2. The number of hydrogen-bond donors (Lipinski definition) is 0. The first-order valence-corrected chi connectivity index (χ1v) is 9.30. The number of thiophene rings is 2. The minimum absolute atomic E-state index is 0.0544. The van der Waals surface area contributed by atoms with Crippen molar-refractivity contribution < 1.29 is 0 Å². The lowest BCUT2D eigenvalue weighted by Crippen LogP contribution is -2.22. The summed E-state index contributed by atoms with van der Waals surface area (Å²) in [7, 11) is 0. The van der Waals surface area contributed by atoms with Gasteiger partial charge in [0.25, 0.3) is 5.56 Å². The second kappa shape index (κ2) is 6.17. The highest BCUT2D eigenvalue weighted by Gasteiger charge is 2.16. The van der Waals surface area contributed by atoms with Gasteiger partial charge >= 0.3 is 0 Å². The Hall–Kier alpha value is -1.37. The highest BCUT2D eigenvalue weighted by molar-refractivity contribution is 7.99. The van der Waals surface area contributed by atoms with E-state index in [-0.39, 0.29) is 5.56 Å². The summed E-state index contributed by atoms with van der Waals surface area (Å²) in [5.74, 6) is 0.751. The number of hydrogen-bond acceptors (Lipinski definition) is 5. The van der Waals surface area contributed by atoms with Crippen molar-refractivity contribution in [2.75, 3.05) is 5.75 Å². The van der Waals surface area contributed by atoms with E-state index in [9.17, 15) is 4.79 Å². The summed E-state index contributed by atoms with van der Waals surface area (Å²) in [6, 6.07) is 4.05. The third-order valence-electron chi connectivity index (χ3n) is 3.09. The number of thioether (sulfide) groups is 1. The molecule has 3 rings (SSSR count). The Labute approximate surface area is 135 Å². The van der Waals surface area contributed by atoms with Gasteiger partial charge in [-0.15, -0.1) is 29.3 Å². The summed E-state index contributed by atoms with van der Waals surface area (Å²) in [5.41, 5.74) is 1.06. The van der Waals surface area contributed by atoms with Crippen molar-refractivity contribution in [1.82, 2.24) is 9.55 Å². The van der Waals surface area contributed by atoms with Crippen LogP contribution in [0.2, 0.25) is 0 Å². The Morgan fingerprint density at radius 2 is 2.33 bits per heavy atom. The molecule has 0 spiro atoms. The van der Waals surface area contributed by atoms with E-state index in [0.717, 1.165) is 31.6 Å². The zero-order valence-corrected chi connectivity index (χ0v) is 14.0. The Balaban J connectivity index is 2.24. The third-order valence-corrected chi connectivity index (χ3v) is 5.84. The molecule has 6 heteroatoms. The first kappa shape index (κ1) is 14.6. The van der Waals surface area contributed by atoms with Crippen LogP contribution in [0.4, 0.5) is 0 Å². The van der Waals surface area contributed by atoms with Crippen LogP contribution >= 0.6 is 34.4 Å². The Bertz CT molecular complexity index is 831. The fraction of sp³-hybridized carbons (Fsp3) is 0.200. The van der Waals surface area contributed by atoms with E-state index in [1.165, 1.54) is 11.3 Å². The monoisotopic (exact) mass is 334 g/mol. The molecule has 3 aromatic rings. The molecule has 0 fully saturated rings. The predicted molar refractivity (Wildman–Crippen MR) is 93.8 cm³/mol. The van der Waals surface area contributed by atoms with Crippen molar-refractivity contribution in [1.29, 1.82) is 0 Å². The van der Waals surface area contributed by atoms with E-state index in [0.29, 0.717) is 6.54 Å². The highest BCUT2D eigenvalue weighted by Crippen LogP contribution is 2.34. The lowest BCUT2D eigenvalue weighted by atomic mass is 10.2. The van der Waals surface area contributed by atoms with E-state index >= 15 is 0 Å². The van der Waals surface area contributed by atoms with Crippen LogP contribution in [0.1, 0.15) is 6.92 Å². The van der Waals surface area contributed by atoms with Crippen molar-refractivity contribution in [3.63, 3.8) is 0 Å². The smallest absolute Gasteiger partial charge is 0.263 e. The minimum atomic E-state index is 0.0544. The molecule has 0 amide bonds. The predicted octanol–water partition coefficient (Wildman–Crippen LogP) is 4.48. The van der Waals surface area contributed by atoms with Crippen molar-refractivity contribution in [2.45, 2.75) is 18.6 Å². The normalized spacial score (nSPS) is 11.1. The van der Waals surface area contributed by atoms with Crippen molar-refractivity contribution >= 4 is 44.7 Å². The van der Waals surface area contributed by atoms with Gasteiger partial charge in [0.15, 0.2) is 5.16 Å². The van der Waals surface area contributed by atoms with Crippen LogP contribution in [0, 0.1) is 0 Å². The van der Waals surface area contributed by atoms with Crippen LogP contribution in [0.25, 0.3) is 20.7 Å². The molecule has 0 N–H and O–H groups in total. The van der Waals surface area contributed by atoms with Gasteiger partial charge in [-0.3, -0.25) is 9.36 Å². The largest absolute Gasteiger partial charge is 0.287 e. The molecule has 3 nitrogen and oxygen atoms in total. The first-order valence-electron chi connectivity index (χ1n) is 6.55. The van der Waals surface area contributed by atoms with E-state index in [2.05, 4.69) is 11.6 Å². The summed E-state index contributed by atoms with van der Waals surface area (Å²) in [4.78, 5) is 19.4. The Morgan fingerprint density at radius 1 is 1.48 bits per heavy atom. The van der Waals surface area contributed by atoms with Gasteiger partial charge in [-0.05, 0) is 18.4 Å². The summed E-state index contributed by atoms with van der Waals surface area (Å²) in [5, 5.41) is 5.58. The van der Waals surface area contributed by atoms with Gasteiger partial charge in [-0.1, -0.05) is 23.9 Å². The summed E-state index contributed by atoms with van der Waals surface area (Å²) in [6.45, 7) is 6.32. The van der Waals surface area contributed by atoms with E-state index in [1.54, 1.807) is 27.7 Å². The van der Waals surface area contributed by atoms with Crippen LogP contribution in [0.15, 0.2) is 45.5 Å². The SMILES string of the molecule is C=CCSc1nc2scc(-c3cccs3)c2c(=O)n1CC. The molecule has 0 aromatic carbocycles. The van der Waals surface area contributed by atoms with Crippen LogP contribution in [0.3, 0.4) is 0 Å². The molecule has 0 saturated carbocycles. The Kier molecular flexibility index (Phi) is 4.28. The second-order valence-corrected chi connectivity index (χ2v) is 7.14. The maximum Gasteiger partial charge on any atom is 0.263 e. The van der Waals surface area contributed by atoms with Gasteiger partial charge in [0.1, 0.15) is 4.83 Å². The second-order valence-electron chi connectivity index (χ2n) is 4.35. The van der Waals surface area contributed by atoms with Gasteiger partial charge < -0.3 is 0 Å². The maximum absolute atomic E-state index is 12.8. The van der Waals surface area contributed by atoms with Gasteiger partial charge in [-0.2, -0.15) is 0 Å². The van der Waals surface area contributed by atoms with Gasteiger partial charge in [-0.25, -0.2) is 4.98 Å². The molecule has 0 atom stereocenters. The summed E-state index contributed by atoms with van der Waals surface area (Å²) < 4.78 is 1.75. The molecule has 0 aliphatic carbocycles. The Morgan fingerprint density at radius 3 is 3.00 bits per heavy atom. The van der Waals surface area contributed by atoms with Crippen molar-refractivity contribution in [3.05, 3.63) is 45.9 Å². The van der Waals surface area contributed by atoms with E-state index in [1.807, 2.05) is 35.9 Å². The molecule has 21 heavy (non-hydrogen) atoms. The lowest BCUT2D eigenvalue weighted by molar-refractivity contribution is 0.636. The minimum Gasteiger partial charge on any atom is -0.287 e. The molecule has 0 bridgehead atoms. The molecule has 3 aromatic heterocycles. The van der Waals surface area contributed by atoms with Gasteiger partial charge in [0.05, 0.1) is 5.39 Å². The fourth-order valence-corrected chi connectivity index (χ4v) is 4.74. The molecule has 3 heterocycles. The highest BCUT2D eigenvalue weighted by atomic mass is 32.2. The first-order chi connectivity index (χ1) is 10.3. The number of fused-ring (bicyclic) bond motifs is 1. The number of aromatic nitrogens is 2. The molecule has 0 aliphatic rings. The van der Waals surface area contributed by atoms with Crippen LogP contribution in [-0.2, 0) is 6.54 Å². The summed E-state index contributed by atoms with van der Waals surface area (Å²) >= 11 is 4.73. The molecule has 0 saturated heterocycles. The zero-order valence-electron chi connectivity index (χ0n) is 11.5. The van der Waals surface area contributed by atoms with Crippen molar-refractivity contribution in [3.8, 4) is 10.4 Å². The zero-order chi connectivity index (χ0) is 14.8. The fourth-order valence-electron chi connectivity index (χ4n) is 2.14. The molecular formula is C15H14N2OS3. The van der Waals surface area contributed by atoms with Crippen molar-refractivity contribution in [2.24, 2.45) is 0 Å². The average Bonchev–Trinajstić information content (AvgIpc) is 3.13. The average molecular weight is 334 g/mol. The van der Waals surface area contributed by atoms with Crippen LogP contribution < -0.4 is 5.56 Å². The summed E-state index contributed by atoms with van der Waals surface area (Å²) in [6.07, 6.45) is 1.83. The molecule has 0 radical (unpaired) electrons. The van der Waals surface area contributed by atoms with Gasteiger partial charge in [0.2, 0.25) is 0 Å². The molecular weight excluding hydrogens is 320 g/mol. The molecule has 108 valence electrons. The standard InChI is InChI=1S/C15H14N2OS3/c1-3-7-20-15-16-13-12(14(18)17(15)4-2)10(9-21-13)11-6-5-8-19-11/h3,5-6,8-9H,1,4,7H2,2H3. The van der Waals surface area contributed by atoms with Crippen LogP contribution in [0.5, 0.6) is 0 Å². The third kappa shape index (κ3) is 2.59. The van der Waals surface area contributed by atoms with E-state index < -0.39 is 0 Å². The lowest BCUT2D eigenvalue weighted by Gasteiger charge is -2.09. The quantitative estimate of drug-likeness (QED) is 0.392. The molecule has 0 aliphatic heterocycles. The van der Waals surface area contributed by atoms with E-state index in [4.69, 9.17) is 0 Å². The number of rotatable bonds is 5. The molecule has 0 unspecified atom stereocenters. The van der Waals surface area contributed by atoms with Gasteiger partial charge in [0, 0.05) is 28.1 Å². The topological polar surface area (TPSA) is 34.9 Å². The maximum atomic E-state index is 12.8.